The number of aromatic nitrogens is 1. The van der Waals surface area contributed by atoms with E-state index in [4.69, 9.17) is 5.11 Å². The van der Waals surface area contributed by atoms with E-state index in [1.54, 1.807) is 6.20 Å². The first-order valence-corrected chi connectivity index (χ1v) is 11.5. The number of pyridine rings is 1. The van der Waals surface area contributed by atoms with Gasteiger partial charge in [-0.3, -0.25) is 14.6 Å². The van der Waals surface area contributed by atoms with Crippen molar-refractivity contribution < 1.29 is 14.7 Å². The molecule has 5 heteroatoms. The smallest absolute Gasteiger partial charge is 0.307 e. The number of carboxylic acid groups (broad SMARTS) is 1. The molecular formula is C27H30N2O3. The fourth-order valence-electron chi connectivity index (χ4n) is 4.69. The van der Waals surface area contributed by atoms with E-state index in [-0.39, 0.29) is 12.3 Å². The Labute approximate surface area is 188 Å². The molecule has 0 radical (unpaired) electrons. The van der Waals surface area contributed by atoms with Gasteiger partial charge in [0.2, 0.25) is 0 Å². The molecule has 1 heterocycles. The summed E-state index contributed by atoms with van der Waals surface area (Å²) in [5, 5.41) is 14.1. The molecule has 2 N–H and O–H groups in total. The van der Waals surface area contributed by atoms with Gasteiger partial charge in [-0.25, -0.2) is 0 Å². The molecule has 0 saturated heterocycles. The monoisotopic (exact) mass is 430 g/mol. The summed E-state index contributed by atoms with van der Waals surface area (Å²) in [6.45, 7) is 0.740. The molecule has 1 saturated carbocycles. The molecule has 0 unspecified atom stereocenters. The summed E-state index contributed by atoms with van der Waals surface area (Å²) in [5.41, 5.74) is 3.36. The van der Waals surface area contributed by atoms with Crippen molar-refractivity contribution in [2.45, 2.75) is 51.4 Å². The lowest BCUT2D eigenvalue weighted by molar-refractivity contribution is -0.136. The van der Waals surface area contributed by atoms with Gasteiger partial charge in [0.25, 0.3) is 5.91 Å². The lowest BCUT2D eigenvalue weighted by Gasteiger charge is -2.21. The third kappa shape index (κ3) is 5.52. The van der Waals surface area contributed by atoms with Gasteiger partial charge in [0.1, 0.15) is 0 Å². The van der Waals surface area contributed by atoms with Crippen molar-refractivity contribution >= 4 is 22.6 Å². The Hall–Kier alpha value is -3.21. The number of carbonyl (C=O) groups is 2. The van der Waals surface area contributed by atoms with Crippen molar-refractivity contribution in [3.05, 3.63) is 77.1 Å². The van der Waals surface area contributed by atoms with Crippen molar-refractivity contribution in [3.8, 4) is 0 Å². The van der Waals surface area contributed by atoms with Crippen molar-refractivity contribution in [1.82, 2.24) is 10.3 Å². The van der Waals surface area contributed by atoms with Crippen molar-refractivity contribution in [1.29, 1.82) is 0 Å². The lowest BCUT2D eigenvalue weighted by atomic mass is 9.87. The summed E-state index contributed by atoms with van der Waals surface area (Å²) < 4.78 is 0. The first kappa shape index (κ1) is 22.0. The second-order valence-electron chi connectivity index (χ2n) is 8.77. The van der Waals surface area contributed by atoms with Crippen molar-refractivity contribution in [2.24, 2.45) is 5.92 Å². The standard InChI is InChI=1S/C27H30N2O3/c30-26(31)17-22-18-29-25(24-9-5-4-8-23(22)24)16-20-10-12-21(13-11-20)27(32)28-15-14-19-6-2-1-3-7-19/h4-5,8-13,18-19H,1-3,6-7,14-17H2,(H,28,32)(H,30,31). The Kier molecular flexibility index (Phi) is 7.15. The van der Waals surface area contributed by atoms with Gasteiger partial charge in [0.15, 0.2) is 0 Å². The van der Waals surface area contributed by atoms with Crippen LogP contribution >= 0.6 is 0 Å². The van der Waals surface area contributed by atoms with E-state index in [1.807, 2.05) is 48.5 Å². The number of nitrogens with zero attached hydrogens (tertiary/aromatic N) is 1. The van der Waals surface area contributed by atoms with Crippen LogP contribution in [0.15, 0.2) is 54.7 Å². The average Bonchev–Trinajstić information content (AvgIpc) is 2.81. The van der Waals surface area contributed by atoms with Crippen molar-refractivity contribution in [2.75, 3.05) is 6.54 Å². The Bertz CT molecular complexity index is 1090. The number of fused-ring (bicyclic) bond motifs is 1. The first-order valence-electron chi connectivity index (χ1n) is 11.5. The zero-order chi connectivity index (χ0) is 22.3. The highest BCUT2D eigenvalue weighted by Gasteiger charge is 2.14. The zero-order valence-electron chi connectivity index (χ0n) is 18.3. The highest BCUT2D eigenvalue weighted by Crippen LogP contribution is 2.26. The maximum atomic E-state index is 12.5. The maximum Gasteiger partial charge on any atom is 0.307 e. The van der Waals surface area contributed by atoms with Crippen LogP contribution in [0.4, 0.5) is 0 Å². The number of aliphatic carboxylic acids is 1. The summed E-state index contributed by atoms with van der Waals surface area (Å²) in [7, 11) is 0. The number of rotatable bonds is 8. The van der Waals surface area contributed by atoms with Gasteiger partial charge >= 0.3 is 5.97 Å². The minimum Gasteiger partial charge on any atom is -0.481 e. The predicted molar refractivity (Wildman–Crippen MR) is 126 cm³/mol. The van der Waals surface area contributed by atoms with Crippen LogP contribution in [0.3, 0.4) is 0 Å². The quantitative estimate of drug-likeness (QED) is 0.518. The summed E-state index contributed by atoms with van der Waals surface area (Å²) in [5.74, 6) is -0.123. The molecular weight excluding hydrogens is 400 g/mol. The molecule has 1 aliphatic rings. The van der Waals surface area contributed by atoms with Gasteiger partial charge in [-0.1, -0.05) is 68.5 Å². The normalized spacial score (nSPS) is 14.4. The second-order valence-corrected chi connectivity index (χ2v) is 8.77. The van der Waals surface area contributed by atoms with Crippen molar-refractivity contribution in [3.63, 3.8) is 0 Å². The van der Waals surface area contributed by atoms with Crippen LogP contribution in [0.1, 0.15) is 65.7 Å². The van der Waals surface area contributed by atoms with Crippen LogP contribution in [0.5, 0.6) is 0 Å². The average molecular weight is 431 g/mol. The third-order valence-electron chi connectivity index (χ3n) is 6.45. The summed E-state index contributed by atoms with van der Waals surface area (Å²) >= 11 is 0. The summed E-state index contributed by atoms with van der Waals surface area (Å²) in [6.07, 6.45) is 9.91. The van der Waals surface area contributed by atoms with Gasteiger partial charge < -0.3 is 10.4 Å². The fourth-order valence-corrected chi connectivity index (χ4v) is 4.69. The Morgan fingerprint density at radius 3 is 2.41 bits per heavy atom. The highest BCUT2D eigenvalue weighted by atomic mass is 16.4. The molecule has 32 heavy (non-hydrogen) atoms. The Morgan fingerprint density at radius 2 is 1.69 bits per heavy atom. The topological polar surface area (TPSA) is 79.3 Å². The molecule has 0 bridgehead atoms. The summed E-state index contributed by atoms with van der Waals surface area (Å²) in [6, 6.07) is 15.5. The Morgan fingerprint density at radius 1 is 0.969 bits per heavy atom. The number of nitrogens with one attached hydrogen (secondary N) is 1. The predicted octanol–water partition coefficient (Wildman–Crippen LogP) is 5.15. The van der Waals surface area contributed by atoms with Gasteiger partial charge in [0, 0.05) is 30.1 Å². The fraction of sp³-hybridized carbons (Fsp3) is 0.370. The molecule has 4 rings (SSSR count). The number of hydrogen-bond donors (Lipinski definition) is 2. The first-order chi connectivity index (χ1) is 15.6. The molecule has 0 aliphatic heterocycles. The number of carbonyl (C=O) groups excluding carboxylic acids is 1. The van der Waals surface area contributed by atoms with E-state index in [0.29, 0.717) is 12.0 Å². The van der Waals surface area contributed by atoms with Gasteiger partial charge in [0.05, 0.1) is 12.1 Å². The van der Waals surface area contributed by atoms with E-state index in [9.17, 15) is 9.59 Å². The molecule has 1 amide bonds. The van der Waals surface area contributed by atoms with Crippen LogP contribution in [-0.2, 0) is 17.6 Å². The molecule has 1 fully saturated rings. The van der Waals surface area contributed by atoms with Gasteiger partial charge in [-0.05, 0) is 41.0 Å². The molecule has 1 aliphatic carbocycles. The summed E-state index contributed by atoms with van der Waals surface area (Å²) in [4.78, 5) is 28.2. The minimum atomic E-state index is -0.864. The SMILES string of the molecule is O=C(O)Cc1cnc(Cc2ccc(C(=O)NCCC3CCCCC3)cc2)c2ccccc12. The van der Waals surface area contributed by atoms with E-state index in [1.165, 1.54) is 32.1 Å². The van der Waals surface area contributed by atoms with E-state index < -0.39 is 5.97 Å². The molecule has 1 aromatic heterocycles. The lowest BCUT2D eigenvalue weighted by Crippen LogP contribution is -2.26. The number of hydrogen-bond acceptors (Lipinski definition) is 3. The van der Waals surface area contributed by atoms with Crippen LogP contribution in [0.2, 0.25) is 0 Å². The maximum absolute atomic E-state index is 12.5. The zero-order valence-corrected chi connectivity index (χ0v) is 18.3. The van der Waals surface area contributed by atoms with Gasteiger partial charge in [-0.2, -0.15) is 0 Å². The van der Waals surface area contributed by atoms with E-state index >= 15 is 0 Å². The van der Waals surface area contributed by atoms with Crippen LogP contribution in [-0.4, -0.2) is 28.5 Å². The van der Waals surface area contributed by atoms with E-state index in [2.05, 4.69) is 10.3 Å². The Balaban J connectivity index is 1.39. The van der Waals surface area contributed by atoms with Gasteiger partial charge in [-0.15, -0.1) is 0 Å². The molecule has 0 atom stereocenters. The molecule has 166 valence electrons. The van der Waals surface area contributed by atoms with E-state index in [0.717, 1.165) is 46.5 Å². The van der Waals surface area contributed by atoms with Crippen LogP contribution < -0.4 is 5.32 Å². The third-order valence-corrected chi connectivity index (χ3v) is 6.45. The molecule has 0 spiro atoms. The number of carboxylic acids is 1. The number of benzene rings is 2. The largest absolute Gasteiger partial charge is 0.481 e. The molecule has 5 nitrogen and oxygen atoms in total. The highest BCUT2D eigenvalue weighted by molar-refractivity contribution is 5.94. The molecule has 2 aromatic carbocycles. The van der Waals surface area contributed by atoms with Crippen LogP contribution in [0, 0.1) is 5.92 Å². The molecule has 3 aromatic rings. The second kappa shape index (κ2) is 10.4. The minimum absolute atomic E-state index is 0.0195. The van der Waals surface area contributed by atoms with Crippen LogP contribution in [0.25, 0.3) is 10.8 Å². The number of amides is 1.